The molecule has 0 saturated carbocycles. The van der Waals surface area contributed by atoms with Gasteiger partial charge >= 0.3 is 0 Å². The molecule has 1 aliphatic heterocycles. The lowest BCUT2D eigenvalue weighted by atomic mass is 10.1. The van der Waals surface area contributed by atoms with E-state index < -0.39 is 22.5 Å². The number of benzene rings is 3. The predicted octanol–water partition coefficient (Wildman–Crippen LogP) is 5.26. The molecular weight excluding hydrogens is 509 g/mol. The molecule has 0 bridgehead atoms. The number of amides is 2. The van der Waals surface area contributed by atoms with Gasteiger partial charge in [0.1, 0.15) is 6.54 Å². The van der Waals surface area contributed by atoms with E-state index in [1.807, 2.05) is 13.0 Å². The van der Waals surface area contributed by atoms with E-state index in [-0.39, 0.29) is 21.5 Å². The minimum atomic E-state index is -4.12. The van der Waals surface area contributed by atoms with E-state index in [2.05, 4.69) is 5.32 Å². The fourth-order valence-corrected chi connectivity index (χ4v) is 5.94. The highest BCUT2D eigenvalue weighted by molar-refractivity contribution is 7.92. The lowest BCUT2D eigenvalue weighted by Gasteiger charge is -2.25. The number of carbonyl (C=O) groups is 2. The molecule has 1 fully saturated rings. The second kappa shape index (κ2) is 10.3. The first-order valence-corrected chi connectivity index (χ1v) is 13.1. The summed E-state index contributed by atoms with van der Waals surface area (Å²) in [5, 5.41) is 3.18. The third-order valence-electron chi connectivity index (χ3n) is 5.65. The molecular formula is C25H23Cl2N3O4S. The first-order valence-electron chi connectivity index (χ1n) is 10.9. The first kappa shape index (κ1) is 25.0. The van der Waals surface area contributed by atoms with Gasteiger partial charge in [-0.15, -0.1) is 0 Å². The molecule has 0 aliphatic carbocycles. The van der Waals surface area contributed by atoms with Crippen molar-refractivity contribution in [3.8, 4) is 0 Å². The molecule has 3 aromatic carbocycles. The number of hydrogen-bond acceptors (Lipinski definition) is 4. The number of carbonyl (C=O) groups excluding carboxylic acids is 2. The molecule has 182 valence electrons. The number of halogens is 2. The van der Waals surface area contributed by atoms with E-state index in [0.29, 0.717) is 23.7 Å². The van der Waals surface area contributed by atoms with Crippen molar-refractivity contribution >= 4 is 62.1 Å². The summed E-state index contributed by atoms with van der Waals surface area (Å²) in [5.74, 6) is -0.535. The Hall–Kier alpha value is -3.07. The van der Waals surface area contributed by atoms with E-state index in [1.165, 1.54) is 30.3 Å². The molecule has 0 unspecified atom stereocenters. The Morgan fingerprint density at radius 1 is 1.06 bits per heavy atom. The summed E-state index contributed by atoms with van der Waals surface area (Å²) in [4.78, 5) is 27.0. The fourth-order valence-electron chi connectivity index (χ4n) is 3.91. The van der Waals surface area contributed by atoms with E-state index in [1.54, 1.807) is 35.2 Å². The SMILES string of the molecule is Cc1ccc(NC(=O)CN(c2ccc(Cl)cc2Cl)S(=O)(=O)c2ccccc2)cc1N1CCCC1=O. The number of hydrogen-bond donors (Lipinski definition) is 1. The summed E-state index contributed by atoms with van der Waals surface area (Å²) in [5.41, 5.74) is 2.20. The molecule has 35 heavy (non-hydrogen) atoms. The number of aryl methyl sites for hydroxylation is 1. The standard InChI is InChI=1S/C25H23Cl2N3O4S/c1-17-9-11-19(15-23(17)29-13-5-8-25(29)32)28-24(31)16-30(22-12-10-18(26)14-21(22)27)35(33,34)20-6-3-2-4-7-20/h2-4,6-7,9-12,14-15H,5,8,13,16H2,1H3,(H,28,31). The van der Waals surface area contributed by atoms with Gasteiger partial charge in [-0.3, -0.25) is 13.9 Å². The summed E-state index contributed by atoms with van der Waals surface area (Å²) in [6, 6.07) is 17.4. The molecule has 1 saturated heterocycles. The monoisotopic (exact) mass is 531 g/mol. The zero-order chi connectivity index (χ0) is 25.2. The molecule has 3 aromatic rings. The highest BCUT2D eigenvalue weighted by atomic mass is 35.5. The molecule has 1 N–H and O–H groups in total. The van der Waals surface area contributed by atoms with Gasteiger partial charge in [-0.25, -0.2) is 8.42 Å². The number of nitrogens with zero attached hydrogens (tertiary/aromatic N) is 2. The Morgan fingerprint density at radius 3 is 2.46 bits per heavy atom. The largest absolute Gasteiger partial charge is 0.324 e. The molecule has 7 nitrogen and oxygen atoms in total. The first-order chi connectivity index (χ1) is 16.7. The van der Waals surface area contributed by atoms with Crippen LogP contribution in [0.3, 0.4) is 0 Å². The Balaban J connectivity index is 1.64. The van der Waals surface area contributed by atoms with Crippen molar-refractivity contribution < 1.29 is 18.0 Å². The van der Waals surface area contributed by atoms with Crippen molar-refractivity contribution in [3.05, 3.63) is 82.3 Å². The maximum absolute atomic E-state index is 13.5. The predicted molar refractivity (Wildman–Crippen MR) is 139 cm³/mol. The van der Waals surface area contributed by atoms with Crippen LogP contribution >= 0.6 is 23.2 Å². The van der Waals surface area contributed by atoms with Crippen LogP contribution in [0.1, 0.15) is 18.4 Å². The van der Waals surface area contributed by atoms with Crippen molar-refractivity contribution in [2.75, 3.05) is 27.6 Å². The molecule has 0 radical (unpaired) electrons. The van der Waals surface area contributed by atoms with Crippen LogP contribution in [-0.4, -0.2) is 33.3 Å². The molecule has 0 spiro atoms. The summed E-state index contributed by atoms with van der Waals surface area (Å²) >= 11 is 12.3. The van der Waals surface area contributed by atoms with E-state index in [4.69, 9.17) is 23.2 Å². The van der Waals surface area contributed by atoms with Gasteiger partial charge in [0, 0.05) is 29.4 Å². The van der Waals surface area contributed by atoms with Crippen molar-refractivity contribution in [1.82, 2.24) is 0 Å². The van der Waals surface area contributed by atoms with Gasteiger partial charge in [0.2, 0.25) is 11.8 Å². The van der Waals surface area contributed by atoms with Gasteiger partial charge in [-0.05, 0) is 61.4 Å². The summed E-state index contributed by atoms with van der Waals surface area (Å²) in [7, 11) is -4.12. The fraction of sp³-hybridized carbons (Fsp3) is 0.200. The number of nitrogens with one attached hydrogen (secondary N) is 1. The Morgan fingerprint density at radius 2 is 1.80 bits per heavy atom. The molecule has 0 aromatic heterocycles. The third kappa shape index (κ3) is 5.45. The Kier molecular flexibility index (Phi) is 7.35. The van der Waals surface area contributed by atoms with Gasteiger partial charge in [0.05, 0.1) is 15.6 Å². The third-order valence-corrected chi connectivity index (χ3v) is 7.97. The van der Waals surface area contributed by atoms with E-state index >= 15 is 0 Å². The Labute approximate surface area is 214 Å². The molecule has 1 aliphatic rings. The van der Waals surface area contributed by atoms with Gasteiger partial charge in [-0.1, -0.05) is 47.5 Å². The van der Waals surface area contributed by atoms with Crippen molar-refractivity contribution in [2.24, 2.45) is 0 Å². The zero-order valence-corrected chi connectivity index (χ0v) is 21.2. The van der Waals surface area contributed by atoms with Crippen LogP contribution in [0.15, 0.2) is 71.6 Å². The maximum Gasteiger partial charge on any atom is 0.264 e. The lowest BCUT2D eigenvalue weighted by Crippen LogP contribution is -2.38. The minimum absolute atomic E-state index is 0.0176. The highest BCUT2D eigenvalue weighted by Gasteiger charge is 2.29. The zero-order valence-electron chi connectivity index (χ0n) is 18.9. The molecule has 0 atom stereocenters. The minimum Gasteiger partial charge on any atom is -0.324 e. The van der Waals surface area contributed by atoms with Crippen molar-refractivity contribution in [1.29, 1.82) is 0 Å². The smallest absolute Gasteiger partial charge is 0.264 e. The van der Waals surface area contributed by atoms with E-state index in [9.17, 15) is 18.0 Å². The van der Waals surface area contributed by atoms with Gasteiger partial charge in [0.15, 0.2) is 0 Å². The van der Waals surface area contributed by atoms with Crippen LogP contribution in [0.2, 0.25) is 10.0 Å². The lowest BCUT2D eigenvalue weighted by molar-refractivity contribution is -0.117. The maximum atomic E-state index is 13.5. The number of anilines is 3. The second-order valence-corrected chi connectivity index (χ2v) is 10.8. The average molecular weight is 532 g/mol. The normalized spacial score (nSPS) is 13.7. The van der Waals surface area contributed by atoms with Crippen LogP contribution in [0.25, 0.3) is 0 Å². The molecule has 4 rings (SSSR count). The number of sulfonamides is 1. The van der Waals surface area contributed by atoms with E-state index in [0.717, 1.165) is 22.0 Å². The van der Waals surface area contributed by atoms with Gasteiger partial charge < -0.3 is 10.2 Å². The average Bonchev–Trinajstić information content (AvgIpc) is 3.25. The second-order valence-electron chi connectivity index (χ2n) is 8.12. The summed E-state index contributed by atoms with van der Waals surface area (Å²) in [6.45, 7) is 1.99. The number of rotatable bonds is 7. The quantitative estimate of drug-likeness (QED) is 0.450. The van der Waals surface area contributed by atoms with Crippen LogP contribution < -0.4 is 14.5 Å². The van der Waals surface area contributed by atoms with Crippen molar-refractivity contribution in [3.63, 3.8) is 0 Å². The highest BCUT2D eigenvalue weighted by Crippen LogP contribution is 2.33. The van der Waals surface area contributed by atoms with Crippen LogP contribution in [-0.2, 0) is 19.6 Å². The topological polar surface area (TPSA) is 86.8 Å². The molecule has 2 amide bonds. The molecule has 10 heteroatoms. The van der Waals surface area contributed by atoms with Crippen molar-refractivity contribution in [2.45, 2.75) is 24.7 Å². The van der Waals surface area contributed by atoms with Gasteiger partial charge in [0.25, 0.3) is 10.0 Å². The summed E-state index contributed by atoms with van der Waals surface area (Å²) in [6.07, 6.45) is 1.27. The van der Waals surface area contributed by atoms with Crippen LogP contribution in [0, 0.1) is 6.92 Å². The molecule has 1 heterocycles. The van der Waals surface area contributed by atoms with Gasteiger partial charge in [-0.2, -0.15) is 0 Å². The van der Waals surface area contributed by atoms with Crippen LogP contribution in [0.5, 0.6) is 0 Å². The van der Waals surface area contributed by atoms with Crippen LogP contribution in [0.4, 0.5) is 17.1 Å². The Bertz CT molecular complexity index is 1380. The summed E-state index contributed by atoms with van der Waals surface area (Å²) < 4.78 is 27.9.